The summed E-state index contributed by atoms with van der Waals surface area (Å²) in [6, 6.07) is 0.221. The first-order valence-electron chi connectivity index (χ1n) is 8.25. The Morgan fingerprint density at radius 3 is 2.62 bits per heavy atom. The molecule has 1 aliphatic carbocycles. The Balaban J connectivity index is 1.75. The lowest BCUT2D eigenvalue weighted by molar-refractivity contribution is 0.0224. The third-order valence-electron chi connectivity index (χ3n) is 4.41. The standard InChI is InChI=1S/C16H30N2O3/c1-16(2,3)21-15(20)18-9-5-7-13(18)11-17-10-12-6-4-8-14(12)19/h12-14,17,19H,4-11H2,1-3H3. The van der Waals surface area contributed by atoms with Gasteiger partial charge in [0.2, 0.25) is 0 Å². The second kappa shape index (κ2) is 6.97. The molecule has 1 heterocycles. The topological polar surface area (TPSA) is 61.8 Å². The van der Waals surface area contributed by atoms with E-state index >= 15 is 0 Å². The second-order valence-corrected chi connectivity index (χ2v) is 7.39. The molecule has 1 amide bonds. The van der Waals surface area contributed by atoms with Gasteiger partial charge in [-0.2, -0.15) is 0 Å². The maximum atomic E-state index is 12.2. The fourth-order valence-electron chi connectivity index (χ4n) is 3.30. The Morgan fingerprint density at radius 2 is 2.00 bits per heavy atom. The summed E-state index contributed by atoms with van der Waals surface area (Å²) in [5.41, 5.74) is -0.439. The molecule has 5 nitrogen and oxygen atoms in total. The maximum absolute atomic E-state index is 12.2. The van der Waals surface area contributed by atoms with E-state index in [-0.39, 0.29) is 18.2 Å². The Kier molecular flexibility index (Phi) is 5.49. The van der Waals surface area contributed by atoms with Gasteiger partial charge in [-0.3, -0.25) is 0 Å². The van der Waals surface area contributed by atoms with Crippen LogP contribution in [0.5, 0.6) is 0 Å². The second-order valence-electron chi connectivity index (χ2n) is 7.39. The number of ether oxygens (including phenoxy) is 1. The lowest BCUT2D eigenvalue weighted by Crippen LogP contribution is -2.45. The van der Waals surface area contributed by atoms with Gasteiger partial charge in [-0.25, -0.2) is 4.79 Å². The molecule has 1 saturated carbocycles. The minimum atomic E-state index is -0.439. The first-order valence-corrected chi connectivity index (χ1v) is 8.25. The maximum Gasteiger partial charge on any atom is 0.410 e. The summed E-state index contributed by atoms with van der Waals surface area (Å²) in [4.78, 5) is 14.0. The molecule has 5 heteroatoms. The highest BCUT2D eigenvalue weighted by Gasteiger charge is 2.32. The molecule has 1 saturated heterocycles. The van der Waals surface area contributed by atoms with Gasteiger partial charge in [0.15, 0.2) is 0 Å². The van der Waals surface area contributed by atoms with Gasteiger partial charge in [-0.05, 0) is 52.4 Å². The molecule has 21 heavy (non-hydrogen) atoms. The van der Waals surface area contributed by atoms with Crippen molar-refractivity contribution in [2.24, 2.45) is 5.92 Å². The number of rotatable bonds is 4. The lowest BCUT2D eigenvalue weighted by Gasteiger charge is -2.29. The smallest absolute Gasteiger partial charge is 0.410 e. The van der Waals surface area contributed by atoms with Crippen LogP contribution >= 0.6 is 0 Å². The number of hydrogen-bond donors (Lipinski definition) is 2. The molecule has 3 unspecified atom stereocenters. The van der Waals surface area contributed by atoms with Crippen LogP contribution in [0.15, 0.2) is 0 Å². The van der Waals surface area contributed by atoms with Crippen LogP contribution in [0, 0.1) is 5.92 Å². The molecule has 3 atom stereocenters. The number of likely N-dealkylation sites (tertiary alicyclic amines) is 1. The van der Waals surface area contributed by atoms with Crippen molar-refractivity contribution in [1.29, 1.82) is 0 Å². The summed E-state index contributed by atoms with van der Waals surface area (Å²) in [5.74, 6) is 0.376. The van der Waals surface area contributed by atoms with Crippen molar-refractivity contribution in [3.8, 4) is 0 Å². The zero-order valence-corrected chi connectivity index (χ0v) is 13.6. The predicted molar refractivity (Wildman–Crippen MR) is 82.2 cm³/mol. The number of carbonyl (C=O) groups excluding carboxylic acids is 1. The highest BCUT2D eigenvalue weighted by atomic mass is 16.6. The van der Waals surface area contributed by atoms with E-state index in [1.165, 1.54) is 0 Å². The van der Waals surface area contributed by atoms with Crippen LogP contribution in [0.4, 0.5) is 4.79 Å². The van der Waals surface area contributed by atoms with Crippen LogP contribution in [0.25, 0.3) is 0 Å². The van der Waals surface area contributed by atoms with Crippen LogP contribution in [-0.2, 0) is 4.74 Å². The van der Waals surface area contributed by atoms with Crippen molar-refractivity contribution in [2.45, 2.75) is 70.6 Å². The van der Waals surface area contributed by atoms with Crippen LogP contribution < -0.4 is 5.32 Å². The average Bonchev–Trinajstić information content (AvgIpc) is 2.97. The Morgan fingerprint density at radius 1 is 1.24 bits per heavy atom. The summed E-state index contributed by atoms with van der Waals surface area (Å²) >= 11 is 0. The van der Waals surface area contributed by atoms with E-state index in [1.807, 2.05) is 25.7 Å². The Bertz CT molecular complexity index is 354. The minimum Gasteiger partial charge on any atom is -0.444 e. The third-order valence-corrected chi connectivity index (χ3v) is 4.41. The number of nitrogens with one attached hydrogen (secondary N) is 1. The highest BCUT2D eigenvalue weighted by Crippen LogP contribution is 2.25. The van der Waals surface area contributed by atoms with E-state index in [9.17, 15) is 9.90 Å². The van der Waals surface area contributed by atoms with Crippen molar-refractivity contribution in [1.82, 2.24) is 10.2 Å². The first-order chi connectivity index (χ1) is 9.87. The van der Waals surface area contributed by atoms with Gasteiger partial charge < -0.3 is 20.1 Å². The normalized spacial score (nSPS) is 29.9. The molecular weight excluding hydrogens is 268 g/mol. The quantitative estimate of drug-likeness (QED) is 0.835. The zero-order chi connectivity index (χ0) is 15.5. The summed E-state index contributed by atoms with van der Waals surface area (Å²) in [6.45, 7) is 8.12. The van der Waals surface area contributed by atoms with E-state index in [4.69, 9.17) is 4.74 Å². The van der Waals surface area contributed by atoms with Gasteiger partial charge in [0, 0.05) is 25.7 Å². The van der Waals surface area contributed by atoms with Gasteiger partial charge in [-0.15, -0.1) is 0 Å². The van der Waals surface area contributed by atoms with Crippen LogP contribution in [-0.4, -0.2) is 53.5 Å². The molecule has 0 bridgehead atoms. The number of aliphatic hydroxyl groups excluding tert-OH is 1. The van der Waals surface area contributed by atoms with E-state index < -0.39 is 5.60 Å². The third kappa shape index (κ3) is 4.85. The van der Waals surface area contributed by atoms with Gasteiger partial charge in [0.1, 0.15) is 5.60 Å². The largest absolute Gasteiger partial charge is 0.444 e. The molecule has 2 fully saturated rings. The van der Waals surface area contributed by atoms with Crippen LogP contribution in [0.3, 0.4) is 0 Å². The lowest BCUT2D eigenvalue weighted by atomic mass is 10.1. The summed E-state index contributed by atoms with van der Waals surface area (Å²) in [7, 11) is 0. The number of amides is 1. The zero-order valence-electron chi connectivity index (χ0n) is 13.6. The van der Waals surface area contributed by atoms with Gasteiger partial charge in [-0.1, -0.05) is 6.42 Å². The molecule has 2 aliphatic rings. The van der Waals surface area contributed by atoms with E-state index in [0.29, 0.717) is 5.92 Å². The van der Waals surface area contributed by atoms with Crippen molar-refractivity contribution >= 4 is 6.09 Å². The number of carbonyl (C=O) groups is 1. The summed E-state index contributed by atoms with van der Waals surface area (Å²) in [6.07, 6.45) is 4.88. The molecule has 2 N–H and O–H groups in total. The van der Waals surface area contributed by atoms with Gasteiger partial charge >= 0.3 is 6.09 Å². The Labute approximate surface area is 128 Å². The number of aliphatic hydroxyl groups is 1. The fourth-order valence-corrected chi connectivity index (χ4v) is 3.30. The fraction of sp³-hybridized carbons (Fsp3) is 0.938. The van der Waals surface area contributed by atoms with Gasteiger partial charge in [0.05, 0.1) is 6.10 Å². The average molecular weight is 298 g/mol. The molecule has 122 valence electrons. The number of hydrogen-bond acceptors (Lipinski definition) is 4. The molecule has 0 aromatic heterocycles. The molecule has 0 aromatic rings. The van der Waals surface area contributed by atoms with Crippen LogP contribution in [0.2, 0.25) is 0 Å². The van der Waals surface area contributed by atoms with Crippen molar-refractivity contribution in [3.63, 3.8) is 0 Å². The first kappa shape index (κ1) is 16.6. The monoisotopic (exact) mass is 298 g/mol. The summed E-state index contributed by atoms with van der Waals surface area (Å²) in [5, 5.41) is 13.3. The summed E-state index contributed by atoms with van der Waals surface area (Å²) < 4.78 is 5.47. The predicted octanol–water partition coefficient (Wildman–Crippen LogP) is 2.14. The molecule has 0 radical (unpaired) electrons. The van der Waals surface area contributed by atoms with E-state index in [0.717, 1.165) is 51.7 Å². The van der Waals surface area contributed by atoms with Gasteiger partial charge in [0.25, 0.3) is 0 Å². The number of nitrogens with zero attached hydrogens (tertiary/aromatic N) is 1. The SMILES string of the molecule is CC(C)(C)OC(=O)N1CCCC1CNCC1CCCC1O. The highest BCUT2D eigenvalue weighted by molar-refractivity contribution is 5.69. The molecule has 0 spiro atoms. The Hall–Kier alpha value is -0.810. The molecule has 2 rings (SSSR count). The van der Waals surface area contributed by atoms with Crippen molar-refractivity contribution in [3.05, 3.63) is 0 Å². The van der Waals surface area contributed by atoms with Crippen molar-refractivity contribution in [2.75, 3.05) is 19.6 Å². The molecular formula is C16H30N2O3. The molecule has 0 aromatic carbocycles. The van der Waals surface area contributed by atoms with E-state index in [2.05, 4.69) is 5.32 Å². The van der Waals surface area contributed by atoms with Crippen LogP contribution in [0.1, 0.15) is 52.9 Å². The van der Waals surface area contributed by atoms with E-state index in [1.54, 1.807) is 0 Å². The molecule has 1 aliphatic heterocycles. The minimum absolute atomic E-state index is 0.150. The van der Waals surface area contributed by atoms with Crippen molar-refractivity contribution < 1.29 is 14.6 Å².